The SMILES string of the molecule is CC(C)N(C(=O)c1cccc(OC(F)(F)F)c1)c1ccc(C(=O)NO)cc1. The number of amides is 2. The van der Waals surface area contributed by atoms with Crippen LogP contribution in [0, 0.1) is 0 Å². The van der Waals surface area contributed by atoms with Crippen LogP contribution in [0.1, 0.15) is 34.6 Å². The number of nitrogens with zero attached hydrogens (tertiary/aromatic N) is 1. The molecule has 0 aromatic heterocycles. The van der Waals surface area contributed by atoms with Crippen LogP contribution in [-0.4, -0.2) is 29.4 Å². The molecule has 0 bridgehead atoms. The Balaban J connectivity index is 2.33. The number of hydroxylamine groups is 1. The summed E-state index contributed by atoms with van der Waals surface area (Å²) < 4.78 is 41.0. The van der Waals surface area contributed by atoms with Crippen LogP contribution in [-0.2, 0) is 0 Å². The summed E-state index contributed by atoms with van der Waals surface area (Å²) in [6.07, 6.45) is -4.86. The van der Waals surface area contributed by atoms with E-state index < -0.39 is 23.9 Å². The Kier molecular flexibility index (Phi) is 6.06. The van der Waals surface area contributed by atoms with E-state index in [0.29, 0.717) is 5.69 Å². The second-order valence-corrected chi connectivity index (χ2v) is 5.83. The maximum absolute atomic E-state index is 12.8. The molecule has 0 atom stereocenters. The third kappa shape index (κ3) is 5.20. The van der Waals surface area contributed by atoms with Gasteiger partial charge >= 0.3 is 6.36 Å². The molecule has 0 spiro atoms. The molecule has 0 saturated carbocycles. The maximum atomic E-state index is 12.8. The number of hydrogen-bond donors (Lipinski definition) is 2. The highest BCUT2D eigenvalue weighted by Crippen LogP contribution is 2.26. The van der Waals surface area contributed by atoms with Crippen molar-refractivity contribution < 1.29 is 32.7 Å². The number of nitrogens with one attached hydrogen (secondary N) is 1. The average Bonchev–Trinajstić information content (AvgIpc) is 2.60. The van der Waals surface area contributed by atoms with Gasteiger partial charge in [-0.1, -0.05) is 6.07 Å². The summed E-state index contributed by atoms with van der Waals surface area (Å²) in [5, 5.41) is 8.64. The Morgan fingerprint density at radius 1 is 1.07 bits per heavy atom. The van der Waals surface area contributed by atoms with E-state index in [4.69, 9.17) is 5.21 Å². The smallest absolute Gasteiger partial charge is 0.406 e. The van der Waals surface area contributed by atoms with Crippen molar-refractivity contribution in [1.29, 1.82) is 0 Å². The van der Waals surface area contributed by atoms with Crippen LogP contribution >= 0.6 is 0 Å². The van der Waals surface area contributed by atoms with Gasteiger partial charge in [0.05, 0.1) is 0 Å². The first-order chi connectivity index (χ1) is 12.6. The Bertz CT molecular complexity index is 820. The van der Waals surface area contributed by atoms with Crippen molar-refractivity contribution in [2.75, 3.05) is 4.90 Å². The van der Waals surface area contributed by atoms with Crippen molar-refractivity contribution in [3.8, 4) is 5.75 Å². The van der Waals surface area contributed by atoms with E-state index in [1.54, 1.807) is 13.8 Å². The standard InChI is InChI=1S/C18H17F3N2O4/c1-11(2)23(14-8-6-12(7-9-14)16(24)22-26)17(25)13-4-3-5-15(10-13)27-18(19,20)21/h3-11,26H,1-2H3,(H,22,24). The van der Waals surface area contributed by atoms with Crippen molar-refractivity contribution in [2.24, 2.45) is 0 Å². The van der Waals surface area contributed by atoms with Gasteiger partial charge in [0.15, 0.2) is 0 Å². The van der Waals surface area contributed by atoms with Crippen molar-refractivity contribution in [2.45, 2.75) is 26.3 Å². The van der Waals surface area contributed by atoms with Gasteiger partial charge in [-0.15, -0.1) is 13.2 Å². The lowest BCUT2D eigenvalue weighted by Gasteiger charge is -2.27. The molecule has 2 aromatic carbocycles. The molecule has 6 nitrogen and oxygen atoms in total. The highest BCUT2D eigenvalue weighted by atomic mass is 19.4. The van der Waals surface area contributed by atoms with Crippen molar-refractivity contribution in [1.82, 2.24) is 5.48 Å². The summed E-state index contributed by atoms with van der Waals surface area (Å²) in [4.78, 5) is 25.6. The van der Waals surface area contributed by atoms with E-state index in [0.717, 1.165) is 12.1 Å². The third-order valence-corrected chi connectivity index (χ3v) is 3.56. The second-order valence-electron chi connectivity index (χ2n) is 5.83. The van der Waals surface area contributed by atoms with Gasteiger partial charge in [0.25, 0.3) is 11.8 Å². The zero-order valence-electron chi connectivity index (χ0n) is 14.4. The third-order valence-electron chi connectivity index (χ3n) is 3.56. The Morgan fingerprint density at radius 2 is 1.70 bits per heavy atom. The Morgan fingerprint density at radius 3 is 2.22 bits per heavy atom. The Hall–Kier alpha value is -3.07. The van der Waals surface area contributed by atoms with Crippen molar-refractivity contribution in [3.63, 3.8) is 0 Å². The number of halogens is 3. The minimum atomic E-state index is -4.86. The van der Waals surface area contributed by atoms with Crippen LogP contribution in [0.3, 0.4) is 0 Å². The first kappa shape index (κ1) is 20.2. The molecule has 27 heavy (non-hydrogen) atoms. The van der Waals surface area contributed by atoms with Gasteiger partial charge in [0.2, 0.25) is 0 Å². The minimum absolute atomic E-state index is 0.0163. The van der Waals surface area contributed by atoms with Crippen molar-refractivity contribution >= 4 is 17.5 Å². The average molecular weight is 382 g/mol. The largest absolute Gasteiger partial charge is 0.573 e. The number of carbonyl (C=O) groups excluding carboxylic acids is 2. The molecule has 0 heterocycles. The topological polar surface area (TPSA) is 78.9 Å². The molecule has 0 fully saturated rings. The number of carbonyl (C=O) groups is 2. The fourth-order valence-electron chi connectivity index (χ4n) is 2.45. The quantitative estimate of drug-likeness (QED) is 0.610. The van der Waals surface area contributed by atoms with Crippen LogP contribution < -0.4 is 15.1 Å². The summed E-state index contributed by atoms with van der Waals surface area (Å²) in [5.74, 6) is -1.73. The van der Waals surface area contributed by atoms with E-state index in [1.165, 1.54) is 46.8 Å². The van der Waals surface area contributed by atoms with E-state index in [1.807, 2.05) is 0 Å². The van der Waals surface area contributed by atoms with Gasteiger partial charge in [-0.3, -0.25) is 14.8 Å². The van der Waals surface area contributed by atoms with Crippen LogP contribution in [0.5, 0.6) is 5.75 Å². The summed E-state index contributed by atoms with van der Waals surface area (Å²) in [6, 6.07) is 10.3. The van der Waals surface area contributed by atoms with Crippen LogP contribution in [0.2, 0.25) is 0 Å². The number of alkyl halides is 3. The molecule has 9 heteroatoms. The zero-order chi connectivity index (χ0) is 20.2. The molecule has 0 unspecified atom stereocenters. The molecular weight excluding hydrogens is 365 g/mol. The monoisotopic (exact) mass is 382 g/mol. The number of rotatable bonds is 5. The number of benzene rings is 2. The predicted octanol–water partition coefficient (Wildman–Crippen LogP) is 3.76. The van der Waals surface area contributed by atoms with Crippen LogP contribution in [0.15, 0.2) is 48.5 Å². The molecule has 2 aromatic rings. The fourth-order valence-corrected chi connectivity index (χ4v) is 2.45. The second kappa shape index (κ2) is 8.09. The van der Waals surface area contributed by atoms with E-state index in [2.05, 4.69) is 4.74 Å². The normalized spacial score (nSPS) is 11.2. The van der Waals surface area contributed by atoms with Crippen LogP contribution in [0.4, 0.5) is 18.9 Å². The van der Waals surface area contributed by atoms with Crippen molar-refractivity contribution in [3.05, 3.63) is 59.7 Å². The van der Waals surface area contributed by atoms with Gasteiger partial charge in [-0.25, -0.2) is 5.48 Å². The molecule has 0 aliphatic carbocycles. The first-order valence-electron chi connectivity index (χ1n) is 7.86. The lowest BCUT2D eigenvalue weighted by molar-refractivity contribution is -0.274. The van der Waals surface area contributed by atoms with Crippen LogP contribution in [0.25, 0.3) is 0 Å². The first-order valence-corrected chi connectivity index (χ1v) is 7.86. The molecule has 0 saturated heterocycles. The molecule has 0 aliphatic rings. The fraction of sp³-hybridized carbons (Fsp3) is 0.222. The van der Waals surface area contributed by atoms with Gasteiger partial charge < -0.3 is 9.64 Å². The Labute approximate surface area is 153 Å². The molecular formula is C18H17F3N2O4. The summed E-state index contributed by atoms with van der Waals surface area (Å²) in [7, 11) is 0. The number of hydrogen-bond acceptors (Lipinski definition) is 4. The highest BCUT2D eigenvalue weighted by Gasteiger charge is 2.31. The molecule has 144 valence electrons. The number of ether oxygens (including phenoxy) is 1. The number of anilines is 1. The maximum Gasteiger partial charge on any atom is 0.573 e. The molecule has 0 aliphatic heterocycles. The van der Waals surface area contributed by atoms with E-state index in [-0.39, 0.29) is 17.2 Å². The van der Waals surface area contributed by atoms with Gasteiger partial charge in [-0.05, 0) is 56.3 Å². The van der Waals surface area contributed by atoms with E-state index in [9.17, 15) is 22.8 Å². The predicted molar refractivity (Wildman–Crippen MR) is 90.8 cm³/mol. The zero-order valence-corrected chi connectivity index (χ0v) is 14.4. The minimum Gasteiger partial charge on any atom is -0.406 e. The highest BCUT2D eigenvalue weighted by molar-refractivity contribution is 6.07. The van der Waals surface area contributed by atoms with E-state index >= 15 is 0 Å². The van der Waals surface area contributed by atoms with Gasteiger partial charge in [0.1, 0.15) is 5.75 Å². The lowest BCUT2D eigenvalue weighted by atomic mass is 10.1. The lowest BCUT2D eigenvalue weighted by Crippen LogP contribution is -2.37. The molecule has 2 rings (SSSR count). The summed E-state index contributed by atoms with van der Waals surface area (Å²) >= 11 is 0. The van der Waals surface area contributed by atoms with Gasteiger partial charge in [-0.2, -0.15) is 0 Å². The van der Waals surface area contributed by atoms with Gasteiger partial charge in [0, 0.05) is 22.9 Å². The molecule has 0 radical (unpaired) electrons. The summed E-state index contributed by atoms with van der Waals surface area (Å²) in [6.45, 7) is 3.48. The summed E-state index contributed by atoms with van der Waals surface area (Å²) in [5.41, 5.74) is 2.13. The molecule has 2 amide bonds. The molecule has 2 N–H and O–H groups in total.